The molecule has 3 aromatic rings. The Bertz CT molecular complexity index is 943. The molecule has 6 nitrogen and oxygen atoms in total. The Hall–Kier alpha value is -2.73. The normalized spacial score (nSPS) is 17.1. The fraction of sp³-hybridized carbons (Fsp3) is 0.409. The lowest BCUT2D eigenvalue weighted by molar-refractivity contribution is 0.302. The van der Waals surface area contributed by atoms with Crippen LogP contribution in [0, 0.1) is 0 Å². The van der Waals surface area contributed by atoms with Gasteiger partial charge in [-0.2, -0.15) is 0 Å². The van der Waals surface area contributed by atoms with Gasteiger partial charge in [-0.3, -0.25) is 0 Å². The predicted octanol–water partition coefficient (Wildman–Crippen LogP) is 3.02. The topological polar surface area (TPSA) is 67.7 Å². The molecule has 1 saturated heterocycles. The third-order valence-electron chi connectivity index (χ3n) is 6.14. The zero-order chi connectivity index (χ0) is 18.8. The van der Waals surface area contributed by atoms with E-state index in [2.05, 4.69) is 49.4 Å². The minimum Gasteiger partial charge on any atom is -0.354 e. The van der Waals surface area contributed by atoms with Crippen molar-refractivity contribution < 1.29 is 0 Å². The number of aryl methyl sites for hydroxylation is 1. The molecule has 0 atom stereocenters. The number of piperidine rings is 1. The highest BCUT2D eigenvalue weighted by Crippen LogP contribution is 2.46. The first-order valence-electron chi connectivity index (χ1n) is 10.2. The molecule has 144 valence electrons. The SMILES string of the molecule is c1ccc2c(c1)-c1nc(NCCCn3ccnc3)ncc1CC21CCNCC1. The average Bonchev–Trinajstić information content (AvgIpc) is 3.26. The molecule has 0 radical (unpaired) electrons. The van der Waals surface area contributed by atoms with Gasteiger partial charge in [0.1, 0.15) is 0 Å². The van der Waals surface area contributed by atoms with Gasteiger partial charge in [0.25, 0.3) is 0 Å². The Morgan fingerprint density at radius 1 is 1.18 bits per heavy atom. The van der Waals surface area contributed by atoms with Crippen molar-refractivity contribution in [3.05, 3.63) is 60.3 Å². The number of rotatable bonds is 5. The van der Waals surface area contributed by atoms with E-state index in [4.69, 9.17) is 4.98 Å². The van der Waals surface area contributed by atoms with Gasteiger partial charge in [0.15, 0.2) is 0 Å². The van der Waals surface area contributed by atoms with Gasteiger partial charge in [-0.05, 0) is 49.9 Å². The maximum absolute atomic E-state index is 4.91. The van der Waals surface area contributed by atoms with Gasteiger partial charge in [-0.25, -0.2) is 15.0 Å². The molecule has 28 heavy (non-hydrogen) atoms. The lowest BCUT2D eigenvalue weighted by atomic mass is 9.64. The maximum Gasteiger partial charge on any atom is 0.223 e. The Labute approximate surface area is 165 Å². The zero-order valence-corrected chi connectivity index (χ0v) is 16.1. The lowest BCUT2D eigenvalue weighted by Gasteiger charge is -2.42. The van der Waals surface area contributed by atoms with E-state index in [1.807, 2.05) is 24.9 Å². The second kappa shape index (κ2) is 7.36. The molecule has 2 aromatic heterocycles. The maximum atomic E-state index is 4.91. The first-order chi connectivity index (χ1) is 13.8. The van der Waals surface area contributed by atoms with Crippen molar-refractivity contribution in [3.63, 3.8) is 0 Å². The Kier molecular flexibility index (Phi) is 4.56. The number of imidazole rings is 1. The van der Waals surface area contributed by atoms with Crippen LogP contribution in [0.4, 0.5) is 5.95 Å². The summed E-state index contributed by atoms with van der Waals surface area (Å²) in [7, 11) is 0. The molecular formula is C22H26N6. The van der Waals surface area contributed by atoms with Gasteiger partial charge < -0.3 is 15.2 Å². The average molecular weight is 374 g/mol. The second-order valence-electron chi connectivity index (χ2n) is 7.90. The summed E-state index contributed by atoms with van der Waals surface area (Å²) in [5.41, 5.74) is 5.37. The Balaban J connectivity index is 1.36. The summed E-state index contributed by atoms with van der Waals surface area (Å²) >= 11 is 0. The van der Waals surface area contributed by atoms with Crippen molar-refractivity contribution in [2.24, 2.45) is 0 Å². The molecule has 0 unspecified atom stereocenters. The third kappa shape index (κ3) is 3.18. The molecule has 3 heterocycles. The van der Waals surface area contributed by atoms with Crippen LogP contribution < -0.4 is 10.6 Å². The van der Waals surface area contributed by atoms with E-state index in [1.54, 1.807) is 0 Å². The van der Waals surface area contributed by atoms with Gasteiger partial charge in [-0.15, -0.1) is 0 Å². The summed E-state index contributed by atoms with van der Waals surface area (Å²) < 4.78 is 2.09. The largest absolute Gasteiger partial charge is 0.354 e. The van der Waals surface area contributed by atoms with Gasteiger partial charge in [-0.1, -0.05) is 24.3 Å². The summed E-state index contributed by atoms with van der Waals surface area (Å²) in [6.45, 7) is 3.95. The van der Waals surface area contributed by atoms with Crippen LogP contribution in [0.2, 0.25) is 0 Å². The predicted molar refractivity (Wildman–Crippen MR) is 110 cm³/mol. The van der Waals surface area contributed by atoms with Crippen molar-refractivity contribution in [2.45, 2.75) is 37.6 Å². The molecule has 1 spiro atoms. The molecule has 1 aliphatic heterocycles. The van der Waals surface area contributed by atoms with Crippen molar-refractivity contribution in [1.82, 2.24) is 24.8 Å². The molecule has 1 aliphatic carbocycles. The summed E-state index contributed by atoms with van der Waals surface area (Å²) in [5, 5.41) is 6.91. The van der Waals surface area contributed by atoms with Crippen molar-refractivity contribution >= 4 is 5.95 Å². The molecule has 0 saturated carbocycles. The van der Waals surface area contributed by atoms with Crippen molar-refractivity contribution in [1.29, 1.82) is 0 Å². The van der Waals surface area contributed by atoms with Crippen LogP contribution in [-0.4, -0.2) is 39.2 Å². The fourth-order valence-electron chi connectivity index (χ4n) is 4.70. The van der Waals surface area contributed by atoms with Crippen LogP contribution in [0.15, 0.2) is 49.2 Å². The molecule has 2 N–H and O–H groups in total. The number of benzene rings is 1. The van der Waals surface area contributed by atoms with Crippen LogP contribution in [0.25, 0.3) is 11.3 Å². The first-order valence-corrected chi connectivity index (χ1v) is 10.2. The number of anilines is 1. The van der Waals surface area contributed by atoms with E-state index < -0.39 is 0 Å². The Morgan fingerprint density at radius 2 is 2.07 bits per heavy atom. The number of nitrogens with zero attached hydrogens (tertiary/aromatic N) is 4. The zero-order valence-electron chi connectivity index (χ0n) is 16.1. The van der Waals surface area contributed by atoms with Crippen LogP contribution >= 0.6 is 0 Å². The summed E-state index contributed by atoms with van der Waals surface area (Å²) in [5.74, 6) is 0.723. The summed E-state index contributed by atoms with van der Waals surface area (Å²) in [6.07, 6.45) is 12.1. The van der Waals surface area contributed by atoms with Crippen LogP contribution in [0.3, 0.4) is 0 Å². The van der Waals surface area contributed by atoms with Gasteiger partial charge in [0.05, 0.1) is 12.0 Å². The number of hydrogen-bond donors (Lipinski definition) is 2. The molecule has 6 heteroatoms. The van der Waals surface area contributed by atoms with E-state index >= 15 is 0 Å². The Morgan fingerprint density at radius 3 is 2.93 bits per heavy atom. The van der Waals surface area contributed by atoms with Crippen LogP contribution in [0.5, 0.6) is 0 Å². The standard InChI is InChI=1S/C22H26N6/c1-2-5-19-18(4-1)20-17(14-22(19)6-9-23-10-7-22)15-26-21(27-20)25-8-3-12-28-13-11-24-16-28/h1-2,4-5,11,13,15-16,23H,3,6-10,12,14H2,(H,25,26,27). The van der Waals surface area contributed by atoms with E-state index in [-0.39, 0.29) is 5.41 Å². The van der Waals surface area contributed by atoms with Gasteiger partial charge in [0, 0.05) is 42.7 Å². The van der Waals surface area contributed by atoms with E-state index in [9.17, 15) is 0 Å². The molecule has 5 rings (SSSR count). The van der Waals surface area contributed by atoms with Gasteiger partial charge >= 0.3 is 0 Å². The highest BCUT2D eigenvalue weighted by Gasteiger charge is 2.40. The number of aromatic nitrogens is 4. The second-order valence-corrected chi connectivity index (χ2v) is 7.90. The van der Waals surface area contributed by atoms with E-state index in [0.717, 1.165) is 50.7 Å². The van der Waals surface area contributed by atoms with E-state index in [0.29, 0.717) is 0 Å². The molecule has 0 bridgehead atoms. The minimum absolute atomic E-state index is 0.234. The summed E-state index contributed by atoms with van der Waals surface area (Å²) in [4.78, 5) is 13.6. The van der Waals surface area contributed by atoms with Crippen molar-refractivity contribution in [2.75, 3.05) is 25.0 Å². The smallest absolute Gasteiger partial charge is 0.223 e. The number of hydrogen-bond acceptors (Lipinski definition) is 5. The van der Waals surface area contributed by atoms with E-state index in [1.165, 1.54) is 29.5 Å². The first kappa shape index (κ1) is 17.4. The minimum atomic E-state index is 0.234. The summed E-state index contributed by atoms with van der Waals surface area (Å²) in [6, 6.07) is 8.84. The highest BCUT2D eigenvalue weighted by molar-refractivity contribution is 5.72. The number of nitrogens with one attached hydrogen (secondary N) is 2. The molecule has 1 fully saturated rings. The number of fused-ring (bicyclic) bond motifs is 4. The molecule has 2 aliphatic rings. The molecule has 0 amide bonds. The highest BCUT2D eigenvalue weighted by atomic mass is 15.1. The van der Waals surface area contributed by atoms with Crippen LogP contribution in [-0.2, 0) is 18.4 Å². The molecule has 1 aromatic carbocycles. The quantitative estimate of drug-likeness (QED) is 0.672. The van der Waals surface area contributed by atoms with Crippen LogP contribution in [0.1, 0.15) is 30.4 Å². The van der Waals surface area contributed by atoms with Crippen molar-refractivity contribution in [3.8, 4) is 11.3 Å². The fourth-order valence-corrected chi connectivity index (χ4v) is 4.70. The third-order valence-corrected chi connectivity index (χ3v) is 6.14. The van der Waals surface area contributed by atoms with Gasteiger partial charge in [0.2, 0.25) is 5.95 Å². The monoisotopic (exact) mass is 374 g/mol. The lowest BCUT2D eigenvalue weighted by Crippen LogP contribution is -2.43. The molecular weight excluding hydrogens is 348 g/mol.